The van der Waals surface area contributed by atoms with E-state index < -0.39 is 17.9 Å². The number of hydrogen-bond acceptors (Lipinski definition) is 4. The minimum atomic E-state index is -0.966. The van der Waals surface area contributed by atoms with E-state index in [4.69, 9.17) is 5.11 Å². The number of carbonyl (C=O) groups is 3. The predicted octanol–water partition coefficient (Wildman–Crippen LogP) is 0.161. The number of carboxylic acids is 1. The van der Waals surface area contributed by atoms with Gasteiger partial charge in [-0.3, -0.25) is 19.8 Å². The minimum Gasteiger partial charge on any atom is -0.480 e. The molecule has 7 heteroatoms. The van der Waals surface area contributed by atoms with Gasteiger partial charge in [0.1, 0.15) is 0 Å². The summed E-state index contributed by atoms with van der Waals surface area (Å²) < 4.78 is 0. The molecular weight excluding hydrogens is 250 g/mol. The van der Waals surface area contributed by atoms with Crippen molar-refractivity contribution in [3.05, 3.63) is 0 Å². The Labute approximate surface area is 112 Å². The first kappa shape index (κ1) is 15.4. The fraction of sp³-hybridized carbons (Fsp3) is 0.750. The lowest BCUT2D eigenvalue weighted by atomic mass is 10.3. The Morgan fingerprint density at radius 2 is 1.95 bits per heavy atom. The molecule has 0 radical (unpaired) electrons. The normalized spacial score (nSPS) is 14.2. The predicted molar refractivity (Wildman–Crippen MR) is 68.7 cm³/mol. The number of urea groups is 1. The number of imide groups is 1. The first-order valence-electron chi connectivity index (χ1n) is 6.56. The van der Waals surface area contributed by atoms with Gasteiger partial charge in [0.25, 0.3) is 0 Å². The molecule has 1 aliphatic carbocycles. The molecule has 0 spiro atoms. The Kier molecular flexibility index (Phi) is 6.27. The fourth-order valence-electron chi connectivity index (χ4n) is 1.70. The quantitative estimate of drug-likeness (QED) is 0.546. The van der Waals surface area contributed by atoms with Crippen LogP contribution in [0.2, 0.25) is 0 Å². The Hall–Kier alpha value is -1.63. The van der Waals surface area contributed by atoms with Crippen LogP contribution in [0.3, 0.4) is 0 Å². The lowest BCUT2D eigenvalue weighted by Crippen LogP contribution is -2.46. The van der Waals surface area contributed by atoms with Gasteiger partial charge >= 0.3 is 12.0 Å². The maximum Gasteiger partial charge on any atom is 0.321 e. The third-order valence-electron chi connectivity index (χ3n) is 2.82. The van der Waals surface area contributed by atoms with Crippen molar-refractivity contribution in [2.75, 3.05) is 19.6 Å². The number of hydrogen-bond donors (Lipinski definition) is 3. The summed E-state index contributed by atoms with van der Waals surface area (Å²) in [4.78, 5) is 35.2. The van der Waals surface area contributed by atoms with Gasteiger partial charge in [-0.05, 0) is 19.3 Å². The molecule has 0 bridgehead atoms. The van der Waals surface area contributed by atoms with Crippen molar-refractivity contribution in [2.24, 2.45) is 0 Å². The molecule has 108 valence electrons. The zero-order valence-electron chi connectivity index (χ0n) is 11.1. The second kappa shape index (κ2) is 7.73. The molecule has 0 aliphatic heterocycles. The van der Waals surface area contributed by atoms with Gasteiger partial charge in [0.15, 0.2) is 0 Å². The maximum absolute atomic E-state index is 11.6. The molecule has 1 aliphatic rings. The van der Waals surface area contributed by atoms with Crippen LogP contribution in [0.5, 0.6) is 0 Å². The van der Waals surface area contributed by atoms with Crippen LogP contribution in [0.1, 0.15) is 32.6 Å². The zero-order valence-corrected chi connectivity index (χ0v) is 11.1. The summed E-state index contributed by atoms with van der Waals surface area (Å²) in [5.41, 5.74) is 0. The number of nitrogens with one attached hydrogen (secondary N) is 2. The Bertz CT molecular complexity index is 342. The smallest absolute Gasteiger partial charge is 0.321 e. The summed E-state index contributed by atoms with van der Waals surface area (Å²) >= 11 is 0. The van der Waals surface area contributed by atoms with Gasteiger partial charge in [0.05, 0.1) is 13.1 Å². The number of carboxylic acid groups (broad SMARTS) is 1. The lowest BCUT2D eigenvalue weighted by molar-refractivity contribution is -0.138. The Balaban J connectivity index is 2.27. The van der Waals surface area contributed by atoms with Gasteiger partial charge in [-0.2, -0.15) is 0 Å². The zero-order chi connectivity index (χ0) is 14.3. The van der Waals surface area contributed by atoms with Crippen molar-refractivity contribution in [3.8, 4) is 0 Å². The number of carbonyl (C=O) groups excluding carboxylic acids is 2. The van der Waals surface area contributed by atoms with E-state index in [0.29, 0.717) is 6.54 Å². The van der Waals surface area contributed by atoms with Gasteiger partial charge in [0.2, 0.25) is 5.91 Å². The van der Waals surface area contributed by atoms with Crippen molar-refractivity contribution in [1.82, 2.24) is 15.5 Å². The monoisotopic (exact) mass is 271 g/mol. The molecule has 0 aromatic heterocycles. The summed E-state index contributed by atoms with van der Waals surface area (Å²) in [6, 6.07) is -0.366. The van der Waals surface area contributed by atoms with Crippen LogP contribution < -0.4 is 10.6 Å². The highest BCUT2D eigenvalue weighted by Crippen LogP contribution is 2.26. The molecular formula is C12H21N3O4. The van der Waals surface area contributed by atoms with E-state index in [0.717, 1.165) is 25.7 Å². The summed E-state index contributed by atoms with van der Waals surface area (Å²) in [6.45, 7) is 2.30. The van der Waals surface area contributed by atoms with Gasteiger partial charge in [-0.15, -0.1) is 0 Å². The molecule has 0 atom stereocenters. The minimum absolute atomic E-state index is 0.0574. The van der Waals surface area contributed by atoms with E-state index >= 15 is 0 Å². The number of aliphatic carboxylic acids is 1. The van der Waals surface area contributed by atoms with E-state index in [-0.39, 0.29) is 19.1 Å². The molecule has 1 saturated carbocycles. The summed E-state index contributed by atoms with van der Waals surface area (Å²) in [5, 5.41) is 13.5. The third kappa shape index (κ3) is 6.76. The third-order valence-corrected chi connectivity index (χ3v) is 2.82. The molecule has 3 N–H and O–H groups in total. The van der Waals surface area contributed by atoms with Crippen LogP contribution in [0.15, 0.2) is 0 Å². The van der Waals surface area contributed by atoms with Gasteiger partial charge in [0, 0.05) is 12.6 Å². The molecule has 0 saturated heterocycles. The first-order valence-corrected chi connectivity index (χ1v) is 6.56. The Morgan fingerprint density at radius 3 is 2.47 bits per heavy atom. The molecule has 3 amide bonds. The van der Waals surface area contributed by atoms with E-state index in [1.54, 1.807) is 4.90 Å². The molecule has 19 heavy (non-hydrogen) atoms. The van der Waals surface area contributed by atoms with Crippen molar-refractivity contribution >= 4 is 17.9 Å². The molecule has 0 aromatic rings. The van der Waals surface area contributed by atoms with Crippen LogP contribution in [-0.4, -0.2) is 53.6 Å². The van der Waals surface area contributed by atoms with Crippen molar-refractivity contribution in [1.29, 1.82) is 0 Å². The number of unbranched alkanes of at least 4 members (excludes halogenated alkanes) is 1. The van der Waals surface area contributed by atoms with Gasteiger partial charge < -0.3 is 10.4 Å². The van der Waals surface area contributed by atoms with Crippen LogP contribution in [0.25, 0.3) is 0 Å². The van der Waals surface area contributed by atoms with Crippen LogP contribution in [0.4, 0.5) is 4.79 Å². The first-order chi connectivity index (χ1) is 9.02. The van der Waals surface area contributed by atoms with E-state index in [1.165, 1.54) is 0 Å². The molecule has 1 rings (SSSR count). The van der Waals surface area contributed by atoms with E-state index in [1.807, 2.05) is 6.92 Å². The van der Waals surface area contributed by atoms with Crippen molar-refractivity contribution in [2.45, 2.75) is 38.6 Å². The average molecular weight is 271 g/mol. The highest BCUT2D eigenvalue weighted by atomic mass is 16.4. The molecule has 7 nitrogen and oxygen atoms in total. The summed E-state index contributed by atoms with van der Waals surface area (Å²) in [5.74, 6) is -1.44. The summed E-state index contributed by atoms with van der Waals surface area (Å²) in [6.07, 6.45) is 3.63. The molecule has 1 fully saturated rings. The largest absolute Gasteiger partial charge is 0.480 e. The van der Waals surface area contributed by atoms with Gasteiger partial charge in [-0.1, -0.05) is 13.3 Å². The second-order valence-electron chi connectivity index (χ2n) is 4.69. The standard InChI is InChI=1S/C12H21N3O4/c1-2-3-6-13-12(19)14-10(16)7-15(8-11(17)18)9-4-5-9/h9H,2-8H2,1H3,(H,17,18)(H2,13,14,16,19). The number of nitrogens with zero attached hydrogens (tertiary/aromatic N) is 1. The average Bonchev–Trinajstić information content (AvgIpc) is 3.11. The highest BCUT2D eigenvalue weighted by Gasteiger charge is 2.31. The number of rotatable bonds is 8. The van der Waals surface area contributed by atoms with Gasteiger partial charge in [-0.25, -0.2) is 4.79 Å². The number of amides is 3. The molecule has 0 aromatic carbocycles. The lowest BCUT2D eigenvalue weighted by Gasteiger charge is -2.18. The summed E-state index contributed by atoms with van der Waals surface area (Å²) in [7, 11) is 0. The van der Waals surface area contributed by atoms with Crippen LogP contribution in [0, 0.1) is 0 Å². The molecule has 0 unspecified atom stereocenters. The van der Waals surface area contributed by atoms with Crippen molar-refractivity contribution < 1.29 is 19.5 Å². The SMILES string of the molecule is CCCCNC(=O)NC(=O)CN(CC(=O)O)C1CC1. The maximum atomic E-state index is 11.6. The second-order valence-corrected chi connectivity index (χ2v) is 4.69. The topological polar surface area (TPSA) is 98.7 Å². The molecule has 0 heterocycles. The highest BCUT2D eigenvalue weighted by molar-refractivity contribution is 5.95. The van der Waals surface area contributed by atoms with Crippen LogP contribution in [-0.2, 0) is 9.59 Å². The Morgan fingerprint density at radius 1 is 1.26 bits per heavy atom. The van der Waals surface area contributed by atoms with Crippen molar-refractivity contribution in [3.63, 3.8) is 0 Å². The van der Waals surface area contributed by atoms with Crippen LogP contribution >= 0.6 is 0 Å². The van der Waals surface area contributed by atoms with E-state index in [9.17, 15) is 14.4 Å². The van der Waals surface area contributed by atoms with E-state index in [2.05, 4.69) is 10.6 Å². The fourth-order valence-corrected chi connectivity index (χ4v) is 1.70.